The van der Waals surface area contributed by atoms with Crippen molar-refractivity contribution < 1.29 is 4.79 Å². The SMILES string of the molecule is Cc1cc(C)n(CCCNC(=O)Cc2ccc(N)cn2)n1. The van der Waals surface area contributed by atoms with E-state index in [0.29, 0.717) is 12.2 Å². The van der Waals surface area contributed by atoms with Crippen molar-refractivity contribution in [3.05, 3.63) is 41.5 Å². The lowest BCUT2D eigenvalue weighted by Gasteiger charge is -2.06. The van der Waals surface area contributed by atoms with E-state index in [1.165, 1.54) is 0 Å². The average molecular weight is 287 g/mol. The molecule has 0 aliphatic rings. The van der Waals surface area contributed by atoms with Crippen LogP contribution in [0.2, 0.25) is 0 Å². The smallest absolute Gasteiger partial charge is 0.226 e. The van der Waals surface area contributed by atoms with Gasteiger partial charge in [-0.1, -0.05) is 0 Å². The third-order valence-electron chi connectivity index (χ3n) is 3.16. The van der Waals surface area contributed by atoms with E-state index in [9.17, 15) is 4.79 Å². The van der Waals surface area contributed by atoms with Gasteiger partial charge in [-0.3, -0.25) is 14.5 Å². The van der Waals surface area contributed by atoms with Gasteiger partial charge in [-0.2, -0.15) is 5.10 Å². The van der Waals surface area contributed by atoms with Crippen LogP contribution in [0.4, 0.5) is 5.69 Å². The van der Waals surface area contributed by atoms with Crippen LogP contribution >= 0.6 is 0 Å². The van der Waals surface area contributed by atoms with E-state index in [1.54, 1.807) is 18.3 Å². The highest BCUT2D eigenvalue weighted by atomic mass is 16.1. The van der Waals surface area contributed by atoms with Crippen molar-refractivity contribution in [2.24, 2.45) is 0 Å². The van der Waals surface area contributed by atoms with E-state index < -0.39 is 0 Å². The maximum Gasteiger partial charge on any atom is 0.226 e. The molecule has 2 heterocycles. The quantitative estimate of drug-likeness (QED) is 0.782. The zero-order valence-corrected chi connectivity index (χ0v) is 12.5. The lowest BCUT2D eigenvalue weighted by Crippen LogP contribution is -2.27. The topological polar surface area (TPSA) is 85.8 Å². The molecule has 6 heteroatoms. The molecule has 2 rings (SSSR count). The summed E-state index contributed by atoms with van der Waals surface area (Å²) >= 11 is 0. The van der Waals surface area contributed by atoms with Gasteiger partial charge in [-0.25, -0.2) is 0 Å². The molecule has 0 aliphatic carbocycles. The fraction of sp³-hybridized carbons (Fsp3) is 0.400. The van der Waals surface area contributed by atoms with Crippen LogP contribution in [0.5, 0.6) is 0 Å². The van der Waals surface area contributed by atoms with Crippen molar-refractivity contribution in [3.63, 3.8) is 0 Å². The second-order valence-corrected chi connectivity index (χ2v) is 5.11. The molecular weight excluding hydrogens is 266 g/mol. The Balaban J connectivity index is 1.70. The molecule has 3 N–H and O–H groups in total. The zero-order valence-electron chi connectivity index (χ0n) is 12.5. The Morgan fingerprint density at radius 1 is 1.38 bits per heavy atom. The minimum Gasteiger partial charge on any atom is -0.397 e. The lowest BCUT2D eigenvalue weighted by molar-refractivity contribution is -0.120. The standard InChI is InChI=1S/C15H21N5O/c1-11-8-12(2)20(19-11)7-3-6-17-15(21)9-14-5-4-13(16)10-18-14/h4-5,8,10H,3,6-7,9,16H2,1-2H3,(H,17,21). The van der Waals surface area contributed by atoms with Crippen LogP contribution in [0.15, 0.2) is 24.4 Å². The second kappa shape index (κ2) is 6.88. The summed E-state index contributed by atoms with van der Waals surface area (Å²) in [7, 11) is 0. The molecule has 0 fully saturated rings. The predicted octanol–water partition coefficient (Wildman–Crippen LogP) is 1.23. The Morgan fingerprint density at radius 3 is 2.81 bits per heavy atom. The number of pyridine rings is 1. The molecule has 1 amide bonds. The number of aromatic nitrogens is 3. The number of carbonyl (C=O) groups excluding carboxylic acids is 1. The van der Waals surface area contributed by atoms with E-state index in [4.69, 9.17) is 5.73 Å². The number of nitrogens with two attached hydrogens (primary N) is 1. The van der Waals surface area contributed by atoms with E-state index in [1.807, 2.05) is 24.6 Å². The molecule has 0 saturated carbocycles. The third kappa shape index (κ3) is 4.59. The molecule has 2 aromatic heterocycles. The molecule has 0 aliphatic heterocycles. The summed E-state index contributed by atoms with van der Waals surface area (Å²) in [6.45, 7) is 5.45. The molecule has 112 valence electrons. The molecule has 0 bridgehead atoms. The van der Waals surface area contributed by atoms with Gasteiger partial charge < -0.3 is 11.1 Å². The molecule has 2 aromatic rings. The van der Waals surface area contributed by atoms with Gasteiger partial charge in [0.1, 0.15) is 0 Å². The van der Waals surface area contributed by atoms with E-state index >= 15 is 0 Å². The normalized spacial score (nSPS) is 10.6. The number of anilines is 1. The summed E-state index contributed by atoms with van der Waals surface area (Å²) in [6.07, 6.45) is 2.69. The average Bonchev–Trinajstić information content (AvgIpc) is 2.76. The Bertz CT molecular complexity index is 603. The fourth-order valence-corrected chi connectivity index (χ4v) is 2.13. The first-order chi connectivity index (χ1) is 10.0. The molecule has 21 heavy (non-hydrogen) atoms. The van der Waals surface area contributed by atoms with Gasteiger partial charge in [0.05, 0.1) is 24.0 Å². The van der Waals surface area contributed by atoms with Crippen molar-refractivity contribution in [1.29, 1.82) is 0 Å². The van der Waals surface area contributed by atoms with E-state index in [0.717, 1.165) is 30.0 Å². The molecule has 0 saturated heterocycles. The highest BCUT2D eigenvalue weighted by Gasteiger charge is 2.04. The van der Waals surface area contributed by atoms with Crippen molar-refractivity contribution in [1.82, 2.24) is 20.1 Å². The van der Waals surface area contributed by atoms with Gasteiger partial charge in [0, 0.05) is 24.5 Å². The summed E-state index contributed by atoms with van der Waals surface area (Å²) in [4.78, 5) is 15.9. The summed E-state index contributed by atoms with van der Waals surface area (Å²) < 4.78 is 1.96. The lowest BCUT2D eigenvalue weighted by atomic mass is 10.2. The largest absolute Gasteiger partial charge is 0.397 e. The first-order valence-electron chi connectivity index (χ1n) is 7.03. The monoisotopic (exact) mass is 287 g/mol. The van der Waals surface area contributed by atoms with Crippen LogP contribution in [0.1, 0.15) is 23.5 Å². The number of nitrogens with one attached hydrogen (secondary N) is 1. The molecule has 0 radical (unpaired) electrons. The molecule has 0 spiro atoms. The van der Waals surface area contributed by atoms with E-state index in [-0.39, 0.29) is 12.3 Å². The van der Waals surface area contributed by atoms with Crippen LogP contribution in [-0.4, -0.2) is 27.2 Å². The van der Waals surface area contributed by atoms with Crippen LogP contribution in [0.3, 0.4) is 0 Å². The predicted molar refractivity (Wildman–Crippen MR) is 81.7 cm³/mol. The molecule has 0 atom stereocenters. The Labute approximate surface area is 124 Å². The number of hydrogen-bond donors (Lipinski definition) is 2. The summed E-state index contributed by atoms with van der Waals surface area (Å²) in [5, 5.41) is 7.28. The number of rotatable bonds is 6. The second-order valence-electron chi connectivity index (χ2n) is 5.11. The van der Waals surface area contributed by atoms with E-state index in [2.05, 4.69) is 15.4 Å². The summed E-state index contributed by atoms with van der Waals surface area (Å²) in [5.74, 6) is -0.0272. The minimum absolute atomic E-state index is 0.0272. The van der Waals surface area contributed by atoms with Crippen molar-refractivity contribution >= 4 is 11.6 Å². The van der Waals surface area contributed by atoms with Crippen LogP contribution < -0.4 is 11.1 Å². The van der Waals surface area contributed by atoms with Gasteiger partial charge in [0.25, 0.3) is 0 Å². The van der Waals surface area contributed by atoms with Gasteiger partial charge in [0.2, 0.25) is 5.91 Å². The number of hydrogen-bond acceptors (Lipinski definition) is 4. The Kier molecular flexibility index (Phi) is 4.92. The van der Waals surface area contributed by atoms with Crippen molar-refractivity contribution in [2.45, 2.75) is 33.2 Å². The molecule has 0 unspecified atom stereocenters. The number of carbonyl (C=O) groups is 1. The molecule has 6 nitrogen and oxygen atoms in total. The first-order valence-corrected chi connectivity index (χ1v) is 7.03. The van der Waals surface area contributed by atoms with Gasteiger partial charge in [-0.05, 0) is 38.5 Å². The fourth-order valence-electron chi connectivity index (χ4n) is 2.13. The number of nitrogens with zero attached hydrogens (tertiary/aromatic N) is 3. The Hall–Kier alpha value is -2.37. The van der Waals surface area contributed by atoms with Crippen molar-refractivity contribution in [3.8, 4) is 0 Å². The number of nitrogen functional groups attached to an aromatic ring is 1. The minimum atomic E-state index is -0.0272. The highest BCUT2D eigenvalue weighted by molar-refractivity contribution is 5.78. The van der Waals surface area contributed by atoms with Crippen LogP contribution in [-0.2, 0) is 17.8 Å². The summed E-state index contributed by atoms with van der Waals surface area (Å²) in [6, 6.07) is 5.56. The maximum absolute atomic E-state index is 11.8. The summed E-state index contributed by atoms with van der Waals surface area (Å²) in [5.41, 5.74) is 9.04. The molecule has 0 aromatic carbocycles. The van der Waals surface area contributed by atoms with Gasteiger partial charge >= 0.3 is 0 Å². The maximum atomic E-state index is 11.8. The van der Waals surface area contributed by atoms with Gasteiger partial charge in [-0.15, -0.1) is 0 Å². The number of amides is 1. The van der Waals surface area contributed by atoms with Crippen molar-refractivity contribution in [2.75, 3.05) is 12.3 Å². The number of aryl methyl sites for hydroxylation is 3. The van der Waals surface area contributed by atoms with Gasteiger partial charge in [0.15, 0.2) is 0 Å². The highest BCUT2D eigenvalue weighted by Crippen LogP contribution is 2.03. The van der Waals surface area contributed by atoms with Crippen LogP contribution in [0, 0.1) is 13.8 Å². The molecular formula is C15H21N5O. The third-order valence-corrected chi connectivity index (χ3v) is 3.16. The Morgan fingerprint density at radius 2 is 2.19 bits per heavy atom. The zero-order chi connectivity index (χ0) is 15.2. The van der Waals surface area contributed by atoms with Crippen LogP contribution in [0.25, 0.3) is 0 Å². The first kappa shape index (κ1) is 15.0.